The largest absolute Gasteiger partial charge is 0.351 e. The van der Waals surface area contributed by atoms with Crippen LogP contribution in [0, 0.1) is 33.1 Å². The third-order valence-corrected chi connectivity index (χ3v) is 4.18. The topological polar surface area (TPSA) is 72.2 Å². The van der Waals surface area contributed by atoms with Gasteiger partial charge in [0.25, 0.3) is 5.91 Å². The Labute approximate surface area is 120 Å². The lowest BCUT2D eigenvalue weighted by Gasteiger charge is -2.20. The van der Waals surface area contributed by atoms with Gasteiger partial charge in [-0.3, -0.25) is 14.9 Å². The van der Waals surface area contributed by atoms with Crippen LogP contribution in [0.3, 0.4) is 0 Å². The van der Waals surface area contributed by atoms with Crippen LogP contribution in [0.25, 0.3) is 0 Å². The van der Waals surface area contributed by atoms with E-state index in [0.29, 0.717) is 24.6 Å². The van der Waals surface area contributed by atoms with E-state index in [2.05, 4.69) is 5.32 Å². The first-order valence-corrected chi connectivity index (χ1v) is 6.68. The molecule has 0 saturated heterocycles. The zero-order valence-corrected chi connectivity index (χ0v) is 11.8. The van der Waals surface area contributed by atoms with Gasteiger partial charge in [0.1, 0.15) is 5.82 Å². The molecule has 1 saturated carbocycles. The molecule has 0 radical (unpaired) electrons. The van der Waals surface area contributed by atoms with Crippen molar-refractivity contribution in [1.82, 2.24) is 5.32 Å². The van der Waals surface area contributed by atoms with Gasteiger partial charge in [0.2, 0.25) is 5.82 Å². The summed E-state index contributed by atoms with van der Waals surface area (Å²) in [6.07, 6.45) is 1.94. The quantitative estimate of drug-likeness (QED) is 0.671. The number of amides is 1. The smallest absolute Gasteiger partial charge is 0.308 e. The molecular weight excluding hydrogens is 282 g/mol. The molecule has 0 bridgehead atoms. The van der Waals surface area contributed by atoms with Crippen LogP contribution in [0.2, 0.25) is 0 Å². The maximum atomic E-state index is 13.9. The van der Waals surface area contributed by atoms with Gasteiger partial charge in [0.05, 0.1) is 16.6 Å². The summed E-state index contributed by atoms with van der Waals surface area (Å²) in [6.45, 7) is 4.42. The minimum atomic E-state index is -1.31. The van der Waals surface area contributed by atoms with Crippen molar-refractivity contribution in [3.05, 3.63) is 39.4 Å². The van der Waals surface area contributed by atoms with E-state index in [9.17, 15) is 23.7 Å². The van der Waals surface area contributed by atoms with Crippen LogP contribution in [0.15, 0.2) is 12.1 Å². The number of halogens is 2. The number of benzene rings is 1. The maximum Gasteiger partial charge on any atom is 0.308 e. The third kappa shape index (κ3) is 3.01. The molecule has 1 N–H and O–H groups in total. The van der Waals surface area contributed by atoms with Gasteiger partial charge in [-0.15, -0.1) is 0 Å². The molecule has 0 aromatic heterocycles. The van der Waals surface area contributed by atoms with Crippen molar-refractivity contribution >= 4 is 11.6 Å². The van der Waals surface area contributed by atoms with Gasteiger partial charge in [0.15, 0.2) is 0 Å². The minimum Gasteiger partial charge on any atom is -0.351 e. The predicted molar refractivity (Wildman–Crippen MR) is 71.9 cm³/mol. The second-order valence-corrected chi connectivity index (χ2v) is 5.74. The van der Waals surface area contributed by atoms with Crippen molar-refractivity contribution < 1.29 is 18.5 Å². The first kappa shape index (κ1) is 15.3. The van der Waals surface area contributed by atoms with E-state index < -0.39 is 33.7 Å². The first-order valence-electron chi connectivity index (χ1n) is 6.68. The predicted octanol–water partition coefficient (Wildman–Crippen LogP) is 3.04. The Morgan fingerprint density at radius 3 is 2.52 bits per heavy atom. The van der Waals surface area contributed by atoms with Gasteiger partial charge in [-0.1, -0.05) is 13.8 Å². The number of carbonyl (C=O) groups excluding carboxylic acids is 1. The standard InChI is InChI=1S/C14H16F2N2O3/c1-8(2)14(3-4-14)7-17-13(19)10-5-9(15)6-11(12(10)16)18(20)21/h5-6,8H,3-4,7H2,1-2H3,(H,17,19). The molecule has 2 rings (SSSR count). The van der Waals surface area contributed by atoms with Crippen molar-refractivity contribution in [2.45, 2.75) is 26.7 Å². The van der Waals surface area contributed by atoms with E-state index >= 15 is 0 Å². The summed E-state index contributed by atoms with van der Waals surface area (Å²) in [7, 11) is 0. The third-order valence-electron chi connectivity index (χ3n) is 4.18. The summed E-state index contributed by atoms with van der Waals surface area (Å²) in [5.74, 6) is -2.79. The molecule has 1 aliphatic carbocycles. The molecule has 0 spiro atoms. The van der Waals surface area contributed by atoms with Crippen LogP contribution in [0.5, 0.6) is 0 Å². The van der Waals surface area contributed by atoms with Gasteiger partial charge < -0.3 is 5.32 Å². The van der Waals surface area contributed by atoms with Crippen LogP contribution in [0.4, 0.5) is 14.5 Å². The average molecular weight is 298 g/mol. The second-order valence-electron chi connectivity index (χ2n) is 5.74. The number of nitro groups is 1. The number of hydrogen-bond donors (Lipinski definition) is 1. The van der Waals surface area contributed by atoms with Crippen molar-refractivity contribution in [2.75, 3.05) is 6.54 Å². The Kier molecular flexibility index (Phi) is 3.93. The lowest BCUT2D eigenvalue weighted by molar-refractivity contribution is -0.387. The van der Waals surface area contributed by atoms with Crippen molar-refractivity contribution in [3.8, 4) is 0 Å². The molecule has 114 valence electrons. The number of carbonyl (C=O) groups is 1. The lowest BCUT2D eigenvalue weighted by atomic mass is 9.92. The highest BCUT2D eigenvalue weighted by Crippen LogP contribution is 2.51. The molecule has 0 unspecified atom stereocenters. The number of nitro benzene ring substituents is 1. The fraction of sp³-hybridized carbons (Fsp3) is 0.500. The van der Waals surface area contributed by atoms with Crippen molar-refractivity contribution in [3.63, 3.8) is 0 Å². The van der Waals surface area contributed by atoms with Crippen LogP contribution in [0.1, 0.15) is 37.0 Å². The first-order chi connectivity index (χ1) is 9.77. The Morgan fingerprint density at radius 1 is 1.43 bits per heavy atom. The summed E-state index contributed by atoms with van der Waals surface area (Å²) < 4.78 is 27.2. The van der Waals surface area contributed by atoms with E-state index in [1.54, 1.807) is 0 Å². The molecule has 1 aromatic rings. The van der Waals surface area contributed by atoms with Crippen molar-refractivity contribution in [2.24, 2.45) is 11.3 Å². The van der Waals surface area contributed by atoms with E-state index in [1.165, 1.54) is 0 Å². The highest BCUT2D eigenvalue weighted by atomic mass is 19.1. The molecule has 7 heteroatoms. The Bertz CT molecular complexity index is 598. The molecule has 1 aromatic carbocycles. The number of nitrogens with one attached hydrogen (secondary N) is 1. The summed E-state index contributed by atoms with van der Waals surface area (Å²) in [4.78, 5) is 21.5. The highest BCUT2D eigenvalue weighted by Gasteiger charge is 2.45. The molecule has 1 amide bonds. The van der Waals surface area contributed by atoms with E-state index in [1.807, 2.05) is 13.8 Å². The SMILES string of the molecule is CC(C)C1(CNC(=O)c2cc(F)cc([N+](=O)[O-])c2F)CC1. The summed E-state index contributed by atoms with van der Waals surface area (Å²) in [5.41, 5.74) is -1.67. The fourth-order valence-corrected chi connectivity index (χ4v) is 2.34. The van der Waals surface area contributed by atoms with Gasteiger partial charge in [-0.25, -0.2) is 4.39 Å². The number of nitrogens with zero attached hydrogens (tertiary/aromatic N) is 1. The zero-order valence-electron chi connectivity index (χ0n) is 11.8. The molecule has 21 heavy (non-hydrogen) atoms. The highest BCUT2D eigenvalue weighted by molar-refractivity contribution is 5.95. The fourth-order valence-electron chi connectivity index (χ4n) is 2.34. The van der Waals surface area contributed by atoms with Crippen LogP contribution in [-0.4, -0.2) is 17.4 Å². The Balaban J connectivity index is 2.18. The molecule has 1 aliphatic rings. The average Bonchev–Trinajstić information content (AvgIpc) is 3.19. The molecular formula is C14H16F2N2O3. The molecule has 5 nitrogen and oxygen atoms in total. The zero-order chi connectivity index (χ0) is 15.8. The summed E-state index contributed by atoms with van der Waals surface area (Å²) >= 11 is 0. The lowest BCUT2D eigenvalue weighted by Crippen LogP contribution is -2.33. The van der Waals surface area contributed by atoms with Crippen molar-refractivity contribution in [1.29, 1.82) is 0 Å². The number of hydrogen-bond acceptors (Lipinski definition) is 3. The second kappa shape index (κ2) is 5.38. The summed E-state index contributed by atoms with van der Waals surface area (Å²) in [5, 5.41) is 13.2. The normalized spacial score (nSPS) is 15.9. The minimum absolute atomic E-state index is 0.00535. The van der Waals surface area contributed by atoms with Crippen LogP contribution in [-0.2, 0) is 0 Å². The van der Waals surface area contributed by atoms with E-state index in [-0.39, 0.29) is 5.41 Å². The summed E-state index contributed by atoms with van der Waals surface area (Å²) in [6, 6.07) is 1.13. The van der Waals surface area contributed by atoms with E-state index in [4.69, 9.17) is 0 Å². The molecule has 0 heterocycles. The number of rotatable bonds is 5. The Morgan fingerprint density at radius 2 is 2.05 bits per heavy atom. The Hall–Kier alpha value is -2.05. The molecule has 0 aliphatic heterocycles. The van der Waals surface area contributed by atoms with Crippen LogP contribution < -0.4 is 5.32 Å². The van der Waals surface area contributed by atoms with Gasteiger partial charge in [0, 0.05) is 6.54 Å². The maximum absolute atomic E-state index is 13.9. The monoisotopic (exact) mass is 298 g/mol. The molecule has 1 fully saturated rings. The van der Waals surface area contributed by atoms with Gasteiger partial charge in [-0.2, -0.15) is 4.39 Å². The van der Waals surface area contributed by atoms with E-state index in [0.717, 1.165) is 12.8 Å². The van der Waals surface area contributed by atoms with Gasteiger partial charge >= 0.3 is 5.69 Å². The van der Waals surface area contributed by atoms with Crippen LogP contribution >= 0.6 is 0 Å². The van der Waals surface area contributed by atoms with Gasteiger partial charge in [-0.05, 0) is 30.2 Å². The molecule has 0 atom stereocenters.